The lowest BCUT2D eigenvalue weighted by Crippen LogP contribution is -2.34. The van der Waals surface area contributed by atoms with E-state index >= 15 is 0 Å². The van der Waals surface area contributed by atoms with Crippen molar-refractivity contribution in [2.24, 2.45) is 11.7 Å². The summed E-state index contributed by atoms with van der Waals surface area (Å²) < 4.78 is 19.5. The molecular formula is C20H24ClFN4O2. The Morgan fingerprint density at radius 2 is 2.00 bits per heavy atom. The predicted molar refractivity (Wildman–Crippen MR) is 106 cm³/mol. The van der Waals surface area contributed by atoms with Gasteiger partial charge in [-0.05, 0) is 43.2 Å². The van der Waals surface area contributed by atoms with Crippen LogP contribution in [0, 0.1) is 11.7 Å². The monoisotopic (exact) mass is 406 g/mol. The van der Waals surface area contributed by atoms with Crippen molar-refractivity contribution in [3.05, 3.63) is 47.0 Å². The van der Waals surface area contributed by atoms with Crippen LogP contribution in [0.2, 0.25) is 5.02 Å². The molecule has 6 nitrogen and oxygen atoms in total. The third-order valence-corrected chi connectivity index (χ3v) is 5.11. The van der Waals surface area contributed by atoms with Gasteiger partial charge in [-0.2, -0.15) is 0 Å². The fourth-order valence-electron chi connectivity index (χ4n) is 3.40. The Hall–Kier alpha value is -2.41. The molecule has 1 aliphatic heterocycles. The number of halogens is 2. The number of nitrogens with two attached hydrogens (primary N) is 1. The Bertz CT molecular complexity index is 795. The maximum Gasteiger partial charge on any atom is 0.225 e. The van der Waals surface area contributed by atoms with Crippen LogP contribution in [0.25, 0.3) is 0 Å². The molecule has 1 saturated heterocycles. The van der Waals surface area contributed by atoms with E-state index in [9.17, 15) is 9.18 Å². The van der Waals surface area contributed by atoms with E-state index in [0.29, 0.717) is 23.3 Å². The molecule has 0 bridgehead atoms. The Balaban J connectivity index is 1.36. The molecule has 2 N–H and O–H groups in total. The molecule has 1 aromatic carbocycles. The van der Waals surface area contributed by atoms with Gasteiger partial charge in [-0.15, -0.1) is 0 Å². The molecule has 8 heteroatoms. The highest BCUT2D eigenvalue weighted by atomic mass is 35.5. The molecule has 1 amide bonds. The average molecular weight is 407 g/mol. The number of hydrogen-bond donors (Lipinski definition) is 1. The van der Waals surface area contributed by atoms with Crippen LogP contribution in [0.15, 0.2) is 30.6 Å². The van der Waals surface area contributed by atoms with Crippen LogP contribution in [0.4, 0.5) is 10.3 Å². The van der Waals surface area contributed by atoms with Crippen molar-refractivity contribution in [1.82, 2.24) is 9.97 Å². The van der Waals surface area contributed by atoms with Crippen LogP contribution in [0.1, 0.15) is 31.2 Å². The minimum absolute atomic E-state index is 0.105. The van der Waals surface area contributed by atoms with Gasteiger partial charge in [-0.25, -0.2) is 14.4 Å². The number of rotatable bonds is 8. The predicted octanol–water partition coefficient (Wildman–Crippen LogP) is 3.37. The summed E-state index contributed by atoms with van der Waals surface area (Å²) in [6, 6.07) is 4.53. The summed E-state index contributed by atoms with van der Waals surface area (Å²) >= 11 is 5.83. The Labute approximate surface area is 168 Å². The van der Waals surface area contributed by atoms with Gasteiger partial charge in [0.05, 0.1) is 30.4 Å². The number of primary amides is 1. The number of hydrogen-bond acceptors (Lipinski definition) is 5. The SMILES string of the molecule is NC(=O)Cc1ccc(OCCCC2CCN(c3ncc(Cl)cn3)CC2)cc1F. The van der Waals surface area contributed by atoms with Crippen molar-refractivity contribution in [1.29, 1.82) is 0 Å². The largest absolute Gasteiger partial charge is 0.493 e. The number of carbonyl (C=O) groups is 1. The summed E-state index contributed by atoms with van der Waals surface area (Å²) in [7, 11) is 0. The first-order valence-corrected chi connectivity index (χ1v) is 9.81. The molecule has 0 spiro atoms. The number of piperidine rings is 1. The lowest BCUT2D eigenvalue weighted by Gasteiger charge is -2.31. The van der Waals surface area contributed by atoms with Crippen LogP contribution in [-0.4, -0.2) is 35.6 Å². The summed E-state index contributed by atoms with van der Waals surface area (Å²) in [5.41, 5.74) is 5.38. The molecule has 0 saturated carbocycles. The number of aromatic nitrogens is 2. The van der Waals surface area contributed by atoms with E-state index in [0.717, 1.165) is 44.7 Å². The summed E-state index contributed by atoms with van der Waals surface area (Å²) in [5, 5.41) is 0.543. The van der Waals surface area contributed by atoms with E-state index in [-0.39, 0.29) is 12.0 Å². The Morgan fingerprint density at radius 1 is 1.29 bits per heavy atom. The molecule has 2 heterocycles. The number of nitrogens with zero attached hydrogens (tertiary/aromatic N) is 3. The van der Waals surface area contributed by atoms with Crippen LogP contribution in [-0.2, 0) is 11.2 Å². The van der Waals surface area contributed by atoms with Crippen molar-refractivity contribution < 1.29 is 13.9 Å². The van der Waals surface area contributed by atoms with Crippen molar-refractivity contribution in [2.45, 2.75) is 32.1 Å². The molecule has 0 atom stereocenters. The zero-order valence-electron chi connectivity index (χ0n) is 15.6. The van der Waals surface area contributed by atoms with Gasteiger partial charge < -0.3 is 15.4 Å². The Morgan fingerprint density at radius 3 is 2.64 bits per heavy atom. The lowest BCUT2D eigenvalue weighted by atomic mass is 9.92. The lowest BCUT2D eigenvalue weighted by molar-refractivity contribution is -0.117. The van der Waals surface area contributed by atoms with E-state index in [4.69, 9.17) is 22.1 Å². The fourth-order valence-corrected chi connectivity index (χ4v) is 3.50. The van der Waals surface area contributed by atoms with E-state index < -0.39 is 11.7 Å². The van der Waals surface area contributed by atoms with E-state index in [1.165, 1.54) is 6.07 Å². The first-order chi connectivity index (χ1) is 13.5. The standard InChI is InChI=1S/C20H24ClFN4O2/c21-16-12-24-20(25-13-16)26-7-5-14(6-8-26)2-1-9-28-17-4-3-15(10-19(23)27)18(22)11-17/h3-4,11-14H,1-2,5-10H2,(H2,23,27). The molecule has 2 aromatic rings. The quantitative estimate of drug-likeness (QED) is 0.680. The molecule has 3 rings (SSSR count). The molecule has 0 radical (unpaired) electrons. The van der Waals surface area contributed by atoms with Crippen molar-refractivity contribution in [3.63, 3.8) is 0 Å². The maximum absolute atomic E-state index is 13.9. The highest BCUT2D eigenvalue weighted by molar-refractivity contribution is 6.30. The summed E-state index contributed by atoms with van der Waals surface area (Å²) in [5.74, 6) is 0.824. The van der Waals surface area contributed by atoms with Crippen molar-refractivity contribution in [3.8, 4) is 5.75 Å². The maximum atomic E-state index is 13.9. The van der Waals surface area contributed by atoms with Gasteiger partial charge in [0, 0.05) is 19.2 Å². The molecule has 1 aliphatic rings. The summed E-state index contributed by atoms with van der Waals surface area (Å²) in [4.78, 5) is 21.6. The Kier molecular flexibility index (Phi) is 7.03. The highest BCUT2D eigenvalue weighted by Gasteiger charge is 2.20. The first-order valence-electron chi connectivity index (χ1n) is 9.43. The number of carbonyl (C=O) groups excluding carboxylic acids is 1. The van der Waals surface area contributed by atoms with Gasteiger partial charge >= 0.3 is 0 Å². The highest BCUT2D eigenvalue weighted by Crippen LogP contribution is 2.25. The molecular weight excluding hydrogens is 383 g/mol. The molecule has 28 heavy (non-hydrogen) atoms. The van der Waals surface area contributed by atoms with E-state index in [1.54, 1.807) is 24.5 Å². The molecule has 150 valence electrons. The number of ether oxygens (including phenoxy) is 1. The molecule has 0 aliphatic carbocycles. The zero-order valence-corrected chi connectivity index (χ0v) is 16.4. The number of benzene rings is 1. The van der Waals surface area contributed by atoms with Gasteiger partial charge in [-0.1, -0.05) is 17.7 Å². The van der Waals surface area contributed by atoms with Gasteiger partial charge in [0.25, 0.3) is 0 Å². The number of anilines is 1. The van der Waals surface area contributed by atoms with Crippen LogP contribution in [0.5, 0.6) is 5.75 Å². The van der Waals surface area contributed by atoms with Gasteiger partial charge in [0.15, 0.2) is 0 Å². The zero-order chi connectivity index (χ0) is 19.9. The molecule has 1 aromatic heterocycles. The van der Waals surface area contributed by atoms with Gasteiger partial charge in [0.2, 0.25) is 11.9 Å². The van der Waals surface area contributed by atoms with Crippen molar-refractivity contribution >= 4 is 23.5 Å². The van der Waals surface area contributed by atoms with Gasteiger partial charge in [-0.3, -0.25) is 4.79 Å². The third-order valence-electron chi connectivity index (χ3n) is 4.92. The minimum Gasteiger partial charge on any atom is -0.493 e. The second-order valence-corrected chi connectivity index (χ2v) is 7.46. The molecule has 1 fully saturated rings. The summed E-state index contributed by atoms with van der Waals surface area (Å²) in [6.07, 6.45) is 7.29. The fraction of sp³-hybridized carbons (Fsp3) is 0.450. The number of amides is 1. The second-order valence-electron chi connectivity index (χ2n) is 7.02. The first kappa shape index (κ1) is 20.3. The van der Waals surface area contributed by atoms with Gasteiger partial charge in [0.1, 0.15) is 11.6 Å². The van der Waals surface area contributed by atoms with Crippen LogP contribution < -0.4 is 15.4 Å². The topological polar surface area (TPSA) is 81.3 Å². The third kappa shape index (κ3) is 5.79. The smallest absolute Gasteiger partial charge is 0.225 e. The molecule has 0 unspecified atom stereocenters. The van der Waals surface area contributed by atoms with Crippen LogP contribution in [0.3, 0.4) is 0 Å². The average Bonchev–Trinajstić information content (AvgIpc) is 2.68. The van der Waals surface area contributed by atoms with E-state index in [2.05, 4.69) is 14.9 Å². The minimum atomic E-state index is -0.554. The van der Waals surface area contributed by atoms with Crippen molar-refractivity contribution in [2.75, 3.05) is 24.6 Å². The normalized spacial score (nSPS) is 14.9. The summed E-state index contributed by atoms with van der Waals surface area (Å²) in [6.45, 7) is 2.40. The second kappa shape index (κ2) is 9.68. The van der Waals surface area contributed by atoms with Crippen LogP contribution >= 0.6 is 11.6 Å². The van der Waals surface area contributed by atoms with E-state index in [1.807, 2.05) is 0 Å².